The number of carbonyl (C=O) groups excluding carboxylic acids is 2. The third-order valence-electron chi connectivity index (χ3n) is 4.68. The van der Waals surface area contributed by atoms with Crippen LogP contribution in [0.15, 0.2) is 53.8 Å². The van der Waals surface area contributed by atoms with Crippen molar-refractivity contribution in [2.75, 3.05) is 20.3 Å². The first-order valence-electron chi connectivity index (χ1n) is 9.70. The molecule has 0 aliphatic heterocycles. The monoisotopic (exact) mass is 436 g/mol. The van der Waals surface area contributed by atoms with Gasteiger partial charge in [-0.25, -0.2) is 4.79 Å². The van der Waals surface area contributed by atoms with Crippen molar-refractivity contribution in [2.45, 2.75) is 13.5 Å². The SMILES string of the molecule is CCOCCn1c(=NC(=O)c2ccc3nccnc3c2)sc2cc(C(=O)OC)ccc21. The maximum absolute atomic E-state index is 12.9. The van der Waals surface area contributed by atoms with Gasteiger partial charge >= 0.3 is 5.97 Å². The van der Waals surface area contributed by atoms with Crippen molar-refractivity contribution in [2.24, 2.45) is 4.99 Å². The molecule has 0 aliphatic carbocycles. The van der Waals surface area contributed by atoms with E-state index < -0.39 is 5.97 Å². The molecule has 2 aromatic heterocycles. The standard InChI is InChI=1S/C22H20N4O4S/c1-3-30-11-10-26-18-7-5-15(21(28)29-2)13-19(18)31-22(26)25-20(27)14-4-6-16-17(12-14)24-9-8-23-16/h4-9,12-13H,3,10-11H2,1-2H3. The van der Waals surface area contributed by atoms with Crippen LogP contribution in [0, 0.1) is 0 Å². The molecule has 31 heavy (non-hydrogen) atoms. The van der Waals surface area contributed by atoms with Gasteiger partial charge < -0.3 is 14.0 Å². The largest absolute Gasteiger partial charge is 0.465 e. The molecule has 0 unspecified atom stereocenters. The summed E-state index contributed by atoms with van der Waals surface area (Å²) in [5.41, 5.74) is 3.08. The molecule has 2 aromatic carbocycles. The highest BCUT2D eigenvalue weighted by Gasteiger charge is 2.13. The number of hydrogen-bond donors (Lipinski definition) is 0. The first-order valence-corrected chi connectivity index (χ1v) is 10.5. The zero-order valence-electron chi connectivity index (χ0n) is 17.1. The number of carbonyl (C=O) groups is 2. The average molecular weight is 436 g/mol. The maximum atomic E-state index is 12.9. The second-order valence-corrected chi connectivity index (χ2v) is 7.59. The first-order chi connectivity index (χ1) is 15.1. The molecular formula is C22H20N4O4S. The Bertz CT molecular complexity index is 1340. The summed E-state index contributed by atoms with van der Waals surface area (Å²) in [5.74, 6) is -0.791. The lowest BCUT2D eigenvalue weighted by Crippen LogP contribution is -2.19. The lowest BCUT2D eigenvalue weighted by molar-refractivity contribution is 0.0600. The van der Waals surface area contributed by atoms with Gasteiger partial charge in [0.2, 0.25) is 0 Å². The number of ether oxygens (including phenoxy) is 2. The molecule has 8 nitrogen and oxygen atoms in total. The van der Waals surface area contributed by atoms with E-state index in [4.69, 9.17) is 9.47 Å². The normalized spacial score (nSPS) is 11.9. The summed E-state index contributed by atoms with van der Waals surface area (Å²) in [6.07, 6.45) is 3.19. The van der Waals surface area contributed by atoms with E-state index in [-0.39, 0.29) is 5.91 Å². The van der Waals surface area contributed by atoms with Gasteiger partial charge in [0.25, 0.3) is 5.91 Å². The number of rotatable bonds is 6. The van der Waals surface area contributed by atoms with Gasteiger partial charge in [0.05, 0.1) is 40.5 Å². The molecule has 0 radical (unpaired) electrons. The van der Waals surface area contributed by atoms with Crippen molar-refractivity contribution in [3.05, 3.63) is 64.7 Å². The summed E-state index contributed by atoms with van der Waals surface area (Å²) in [6, 6.07) is 10.4. The van der Waals surface area contributed by atoms with E-state index in [9.17, 15) is 9.59 Å². The summed E-state index contributed by atoms with van der Waals surface area (Å²) in [4.78, 5) is 38.2. The predicted molar refractivity (Wildman–Crippen MR) is 117 cm³/mol. The van der Waals surface area contributed by atoms with Crippen molar-refractivity contribution in [1.82, 2.24) is 14.5 Å². The van der Waals surface area contributed by atoms with Crippen LogP contribution in [0.25, 0.3) is 21.3 Å². The number of thiazole rings is 1. The number of fused-ring (bicyclic) bond motifs is 2. The first kappa shape index (κ1) is 20.8. The van der Waals surface area contributed by atoms with Crippen LogP contribution < -0.4 is 4.80 Å². The van der Waals surface area contributed by atoms with Gasteiger partial charge in [0.1, 0.15) is 0 Å². The summed E-state index contributed by atoms with van der Waals surface area (Å²) >= 11 is 1.33. The van der Waals surface area contributed by atoms with E-state index in [0.717, 1.165) is 10.2 Å². The molecule has 0 saturated heterocycles. The number of hydrogen-bond acceptors (Lipinski definition) is 7. The van der Waals surface area contributed by atoms with Crippen molar-refractivity contribution < 1.29 is 19.1 Å². The number of nitrogens with zero attached hydrogens (tertiary/aromatic N) is 4. The summed E-state index contributed by atoms with van der Waals surface area (Å²) in [7, 11) is 1.34. The van der Waals surface area contributed by atoms with E-state index >= 15 is 0 Å². The number of methoxy groups -OCH3 is 1. The van der Waals surface area contributed by atoms with Crippen LogP contribution in [0.4, 0.5) is 0 Å². The van der Waals surface area contributed by atoms with Crippen molar-refractivity contribution in [3.8, 4) is 0 Å². The van der Waals surface area contributed by atoms with E-state index in [1.54, 1.807) is 42.7 Å². The Balaban J connectivity index is 1.78. The van der Waals surface area contributed by atoms with E-state index in [1.807, 2.05) is 17.6 Å². The smallest absolute Gasteiger partial charge is 0.337 e. The quantitative estimate of drug-likeness (QED) is 0.340. The molecule has 158 valence electrons. The minimum atomic E-state index is -0.414. The van der Waals surface area contributed by atoms with Gasteiger partial charge in [-0.15, -0.1) is 0 Å². The molecule has 4 aromatic rings. The van der Waals surface area contributed by atoms with Crippen molar-refractivity contribution >= 4 is 44.5 Å². The highest BCUT2D eigenvalue weighted by molar-refractivity contribution is 7.16. The van der Waals surface area contributed by atoms with Crippen LogP contribution in [-0.2, 0) is 16.0 Å². The molecule has 0 fully saturated rings. The van der Waals surface area contributed by atoms with Crippen LogP contribution in [0.1, 0.15) is 27.6 Å². The zero-order chi connectivity index (χ0) is 21.8. The average Bonchev–Trinajstić information content (AvgIpc) is 3.14. The second-order valence-electron chi connectivity index (χ2n) is 6.58. The summed E-state index contributed by atoms with van der Waals surface area (Å²) in [5, 5.41) is 0. The topological polar surface area (TPSA) is 95.7 Å². The molecule has 0 aliphatic rings. The van der Waals surface area contributed by atoms with Gasteiger partial charge in [-0.05, 0) is 43.3 Å². The highest BCUT2D eigenvalue weighted by Crippen LogP contribution is 2.20. The van der Waals surface area contributed by atoms with Crippen LogP contribution >= 0.6 is 11.3 Å². The van der Waals surface area contributed by atoms with Crippen LogP contribution in [0.2, 0.25) is 0 Å². The van der Waals surface area contributed by atoms with Crippen LogP contribution in [-0.4, -0.2) is 46.7 Å². The Morgan fingerprint density at radius 3 is 2.61 bits per heavy atom. The van der Waals surface area contributed by atoms with Crippen LogP contribution in [0.5, 0.6) is 0 Å². The fourth-order valence-electron chi connectivity index (χ4n) is 3.17. The third-order valence-corrected chi connectivity index (χ3v) is 5.72. The number of benzene rings is 2. The lowest BCUT2D eigenvalue weighted by Gasteiger charge is -2.06. The Morgan fingerprint density at radius 2 is 1.84 bits per heavy atom. The molecule has 9 heteroatoms. The van der Waals surface area contributed by atoms with E-state index in [2.05, 4.69) is 15.0 Å². The van der Waals surface area contributed by atoms with Crippen LogP contribution in [0.3, 0.4) is 0 Å². The molecule has 0 N–H and O–H groups in total. The highest BCUT2D eigenvalue weighted by atomic mass is 32.1. The summed E-state index contributed by atoms with van der Waals surface area (Å²) < 4.78 is 13.1. The molecule has 2 heterocycles. The molecule has 0 saturated carbocycles. The Labute approximate surface area is 181 Å². The molecule has 1 amide bonds. The second kappa shape index (κ2) is 9.15. The van der Waals surface area contributed by atoms with Gasteiger partial charge in [-0.3, -0.25) is 14.8 Å². The molecule has 0 atom stereocenters. The van der Waals surface area contributed by atoms with E-state index in [0.29, 0.717) is 46.7 Å². The van der Waals surface area contributed by atoms with E-state index in [1.165, 1.54) is 18.4 Å². The molecular weight excluding hydrogens is 416 g/mol. The van der Waals surface area contributed by atoms with Gasteiger partial charge in [0.15, 0.2) is 4.80 Å². The predicted octanol–water partition coefficient (Wildman–Crippen LogP) is 3.21. The minimum absolute atomic E-state index is 0.377. The third kappa shape index (κ3) is 4.37. The molecule has 0 spiro atoms. The number of esters is 1. The van der Waals surface area contributed by atoms with Crippen molar-refractivity contribution in [3.63, 3.8) is 0 Å². The molecule has 0 bridgehead atoms. The zero-order valence-corrected chi connectivity index (χ0v) is 17.9. The maximum Gasteiger partial charge on any atom is 0.337 e. The van der Waals surface area contributed by atoms with Gasteiger partial charge in [-0.1, -0.05) is 11.3 Å². The van der Waals surface area contributed by atoms with Crippen molar-refractivity contribution in [1.29, 1.82) is 0 Å². The number of amides is 1. The Morgan fingerprint density at radius 1 is 1.06 bits per heavy atom. The number of aromatic nitrogens is 3. The van der Waals surface area contributed by atoms with Gasteiger partial charge in [-0.2, -0.15) is 4.99 Å². The minimum Gasteiger partial charge on any atom is -0.465 e. The lowest BCUT2D eigenvalue weighted by atomic mass is 10.2. The fraction of sp³-hybridized carbons (Fsp3) is 0.227. The Hall–Kier alpha value is -3.43. The fourth-order valence-corrected chi connectivity index (χ4v) is 4.26. The summed E-state index contributed by atoms with van der Waals surface area (Å²) in [6.45, 7) is 3.53. The van der Waals surface area contributed by atoms with Gasteiger partial charge in [0, 0.05) is 31.1 Å². The Kier molecular flexibility index (Phi) is 6.15. The molecule has 4 rings (SSSR count).